The van der Waals surface area contributed by atoms with Crippen molar-refractivity contribution in [3.8, 4) is 17.1 Å². The minimum atomic E-state index is -4.17. The second-order valence-electron chi connectivity index (χ2n) is 12.0. The minimum Gasteiger partial charge on any atom is -0.497 e. The molecule has 13 nitrogen and oxygen atoms in total. The maximum Gasteiger partial charge on any atom is 0.410 e. The number of nitrogens with zero attached hydrogens (tertiary/aromatic N) is 7. The molecule has 0 aliphatic carbocycles. The summed E-state index contributed by atoms with van der Waals surface area (Å²) in [7, 11) is -2.57. The highest BCUT2D eigenvalue weighted by Gasteiger charge is 2.40. The SMILES string of the molecule is COc1ccc(Cn2nnc(-c3c(N4CCC5(CCN(C(=O)OC(C)(C)C)CC5)CC4)ccnc3S(N)(=O)=O)n2)cc1. The number of pyridine rings is 1. The van der Waals surface area contributed by atoms with Crippen LogP contribution in [0.5, 0.6) is 5.75 Å². The topological polar surface area (TPSA) is 159 Å². The number of primary sulfonamides is 1. The fourth-order valence-corrected chi connectivity index (χ4v) is 6.33. The van der Waals surface area contributed by atoms with Gasteiger partial charge in [-0.15, -0.1) is 10.2 Å². The number of methoxy groups -OCH3 is 1. The molecule has 2 fully saturated rings. The molecule has 226 valence electrons. The highest BCUT2D eigenvalue weighted by atomic mass is 32.2. The van der Waals surface area contributed by atoms with Gasteiger partial charge in [0.2, 0.25) is 5.82 Å². The summed E-state index contributed by atoms with van der Waals surface area (Å²) in [5.74, 6) is 0.877. The van der Waals surface area contributed by atoms with Gasteiger partial charge in [0.15, 0.2) is 5.03 Å². The van der Waals surface area contributed by atoms with Gasteiger partial charge in [0.25, 0.3) is 10.0 Å². The van der Waals surface area contributed by atoms with Crippen molar-refractivity contribution in [1.29, 1.82) is 0 Å². The zero-order chi connectivity index (χ0) is 30.1. The molecular weight excluding hydrogens is 560 g/mol. The van der Waals surface area contributed by atoms with E-state index in [0.717, 1.165) is 37.0 Å². The van der Waals surface area contributed by atoms with Crippen LogP contribution in [-0.4, -0.2) is 83.5 Å². The molecule has 0 atom stereocenters. The number of benzene rings is 1. The summed E-state index contributed by atoms with van der Waals surface area (Å²) in [6.45, 7) is 8.68. The summed E-state index contributed by atoms with van der Waals surface area (Å²) in [6, 6.07) is 9.26. The molecule has 1 spiro atoms. The molecule has 0 unspecified atom stereocenters. The van der Waals surface area contributed by atoms with Crippen LogP contribution in [0.25, 0.3) is 11.4 Å². The number of aromatic nitrogens is 5. The van der Waals surface area contributed by atoms with Crippen LogP contribution in [0.3, 0.4) is 0 Å². The lowest BCUT2D eigenvalue weighted by atomic mass is 9.71. The Bertz CT molecular complexity index is 1520. The molecule has 3 aromatic rings. The number of tetrazole rings is 1. The normalized spacial score (nSPS) is 17.4. The highest BCUT2D eigenvalue weighted by molar-refractivity contribution is 7.89. The van der Waals surface area contributed by atoms with E-state index in [4.69, 9.17) is 14.6 Å². The Morgan fingerprint density at radius 1 is 1.02 bits per heavy atom. The second-order valence-corrected chi connectivity index (χ2v) is 13.5. The zero-order valence-electron chi connectivity index (χ0n) is 24.5. The maximum atomic E-state index is 12.6. The van der Waals surface area contributed by atoms with Gasteiger partial charge in [0.05, 0.1) is 24.9 Å². The Balaban J connectivity index is 1.33. The van der Waals surface area contributed by atoms with Crippen molar-refractivity contribution in [2.45, 2.75) is 63.6 Å². The van der Waals surface area contributed by atoms with Gasteiger partial charge in [-0.25, -0.2) is 23.3 Å². The molecule has 2 saturated heterocycles. The molecule has 2 aliphatic heterocycles. The number of piperidine rings is 2. The summed E-state index contributed by atoms with van der Waals surface area (Å²) in [5.41, 5.74) is 1.42. The van der Waals surface area contributed by atoms with Crippen molar-refractivity contribution < 1.29 is 22.7 Å². The molecule has 1 aromatic carbocycles. The molecule has 42 heavy (non-hydrogen) atoms. The predicted molar refractivity (Wildman–Crippen MR) is 155 cm³/mol. The van der Waals surface area contributed by atoms with Gasteiger partial charge in [-0.1, -0.05) is 12.1 Å². The average molecular weight is 599 g/mol. The van der Waals surface area contributed by atoms with E-state index >= 15 is 0 Å². The van der Waals surface area contributed by atoms with Crippen molar-refractivity contribution in [2.24, 2.45) is 10.6 Å². The number of hydrogen-bond acceptors (Lipinski definition) is 10. The molecule has 2 N–H and O–H groups in total. The molecule has 2 aromatic heterocycles. The summed E-state index contributed by atoms with van der Waals surface area (Å²) < 4.78 is 36.0. The monoisotopic (exact) mass is 598 g/mol. The number of carbonyl (C=O) groups excluding carboxylic acids is 1. The van der Waals surface area contributed by atoms with Crippen LogP contribution in [0, 0.1) is 5.41 Å². The van der Waals surface area contributed by atoms with Crippen molar-refractivity contribution >= 4 is 21.8 Å². The van der Waals surface area contributed by atoms with Gasteiger partial charge in [-0.3, -0.25) is 0 Å². The number of nitrogens with two attached hydrogens (primary N) is 1. The first kappa shape index (κ1) is 29.7. The summed E-state index contributed by atoms with van der Waals surface area (Å²) in [6.07, 6.45) is 4.78. The van der Waals surface area contributed by atoms with Crippen LogP contribution in [0.1, 0.15) is 52.0 Å². The van der Waals surface area contributed by atoms with Crippen LogP contribution in [-0.2, 0) is 21.3 Å². The largest absolute Gasteiger partial charge is 0.497 e. The van der Waals surface area contributed by atoms with E-state index in [2.05, 4.69) is 25.3 Å². The van der Waals surface area contributed by atoms with Gasteiger partial charge in [0.1, 0.15) is 11.4 Å². The van der Waals surface area contributed by atoms with Gasteiger partial charge in [0, 0.05) is 32.4 Å². The molecule has 14 heteroatoms. The molecule has 5 rings (SSSR count). The van der Waals surface area contributed by atoms with E-state index in [1.54, 1.807) is 18.1 Å². The third-order valence-corrected chi connectivity index (χ3v) is 8.81. The van der Waals surface area contributed by atoms with Crippen molar-refractivity contribution in [1.82, 2.24) is 30.1 Å². The molecule has 4 heterocycles. The lowest BCUT2D eigenvalue weighted by Crippen LogP contribution is -2.49. The van der Waals surface area contributed by atoms with Crippen LogP contribution >= 0.6 is 0 Å². The number of hydrogen-bond donors (Lipinski definition) is 1. The van der Waals surface area contributed by atoms with Gasteiger partial charge in [-0.05, 0) is 80.8 Å². The third kappa shape index (κ3) is 6.65. The van der Waals surface area contributed by atoms with Crippen LogP contribution in [0.15, 0.2) is 41.6 Å². The number of rotatable bonds is 6. The lowest BCUT2D eigenvalue weighted by molar-refractivity contribution is 0.00665. The minimum absolute atomic E-state index is 0.116. The van der Waals surface area contributed by atoms with E-state index in [0.29, 0.717) is 38.4 Å². The third-order valence-electron chi connectivity index (χ3n) is 7.96. The lowest BCUT2D eigenvalue weighted by Gasteiger charge is -2.47. The molecule has 2 aliphatic rings. The highest BCUT2D eigenvalue weighted by Crippen LogP contribution is 2.44. The first-order chi connectivity index (χ1) is 19.9. The Labute approximate surface area is 246 Å². The molecule has 0 radical (unpaired) electrons. The Kier molecular flexibility index (Phi) is 8.12. The number of amides is 1. The zero-order valence-corrected chi connectivity index (χ0v) is 25.3. The van der Waals surface area contributed by atoms with E-state index in [9.17, 15) is 13.2 Å². The van der Waals surface area contributed by atoms with Gasteiger partial charge < -0.3 is 19.3 Å². The molecular formula is C28H38N8O5S. The van der Waals surface area contributed by atoms with Gasteiger partial charge in [-0.2, -0.15) is 4.80 Å². The Morgan fingerprint density at radius 2 is 1.67 bits per heavy atom. The number of anilines is 1. The number of likely N-dealkylation sites (tertiary alicyclic amines) is 1. The molecule has 0 bridgehead atoms. The van der Waals surface area contributed by atoms with Crippen molar-refractivity contribution in [3.63, 3.8) is 0 Å². The van der Waals surface area contributed by atoms with Crippen LogP contribution in [0.4, 0.5) is 10.5 Å². The Hall–Kier alpha value is -3.78. The van der Waals surface area contributed by atoms with E-state index in [1.165, 1.54) is 11.0 Å². The first-order valence-corrected chi connectivity index (χ1v) is 15.6. The van der Waals surface area contributed by atoms with E-state index in [-0.39, 0.29) is 27.9 Å². The molecule has 0 saturated carbocycles. The Morgan fingerprint density at radius 3 is 2.26 bits per heavy atom. The second kappa shape index (κ2) is 11.5. The quantitative estimate of drug-likeness (QED) is 0.447. The number of sulfonamides is 1. The van der Waals surface area contributed by atoms with Gasteiger partial charge >= 0.3 is 6.09 Å². The summed E-state index contributed by atoms with van der Waals surface area (Å²) >= 11 is 0. The van der Waals surface area contributed by atoms with Crippen LogP contribution < -0.4 is 14.8 Å². The predicted octanol–water partition coefficient (Wildman–Crippen LogP) is 3.06. The smallest absolute Gasteiger partial charge is 0.410 e. The first-order valence-electron chi connectivity index (χ1n) is 14.0. The summed E-state index contributed by atoms with van der Waals surface area (Å²) in [4.78, 5) is 22.0. The molecule has 1 amide bonds. The average Bonchev–Trinajstić information content (AvgIpc) is 3.40. The van der Waals surface area contributed by atoms with E-state index in [1.807, 2.05) is 45.0 Å². The number of carbonyl (C=O) groups is 1. The van der Waals surface area contributed by atoms with Crippen molar-refractivity contribution in [3.05, 3.63) is 42.1 Å². The maximum absolute atomic E-state index is 12.6. The fraction of sp³-hybridized carbons (Fsp3) is 0.536. The fourth-order valence-electron chi connectivity index (χ4n) is 5.64. The van der Waals surface area contributed by atoms with Crippen LogP contribution in [0.2, 0.25) is 0 Å². The van der Waals surface area contributed by atoms with Crippen molar-refractivity contribution in [2.75, 3.05) is 38.2 Å². The number of ether oxygens (including phenoxy) is 2. The van der Waals surface area contributed by atoms with E-state index < -0.39 is 15.6 Å². The standard InChI is InChI=1S/C28H38N8O5S/c1-27(2,3)41-26(37)35-17-12-28(13-18-35)10-15-34(16-11-28)22-9-14-30-25(42(29,38)39)23(22)24-31-33-36(32-24)19-20-5-7-21(40-4)8-6-20/h5-9,14H,10-13,15-19H2,1-4H3,(H2,29,38,39). The summed E-state index contributed by atoms with van der Waals surface area (Å²) in [5, 5.41) is 18.2.